The van der Waals surface area contributed by atoms with Crippen molar-refractivity contribution in [3.05, 3.63) is 35.9 Å². The molecule has 0 saturated heterocycles. The van der Waals surface area contributed by atoms with Gasteiger partial charge in [0.25, 0.3) is 0 Å². The van der Waals surface area contributed by atoms with Gasteiger partial charge >= 0.3 is 0 Å². The molecular formula is C10H11O. The van der Waals surface area contributed by atoms with Gasteiger partial charge in [-0.25, -0.2) is 0 Å². The van der Waals surface area contributed by atoms with E-state index >= 15 is 0 Å². The second kappa shape index (κ2) is 4.67. The van der Waals surface area contributed by atoms with E-state index in [1.54, 1.807) is 0 Å². The lowest BCUT2D eigenvalue weighted by atomic mass is 10.1. The van der Waals surface area contributed by atoms with Crippen LogP contribution in [-0.2, 0) is 11.2 Å². The van der Waals surface area contributed by atoms with E-state index in [9.17, 15) is 4.79 Å². The van der Waals surface area contributed by atoms with Crippen LogP contribution >= 0.6 is 0 Å². The molecular weight excluding hydrogens is 136 g/mol. The molecule has 0 atom stereocenters. The predicted octanol–water partition coefficient (Wildman–Crippen LogP) is 2.12. The van der Waals surface area contributed by atoms with Gasteiger partial charge < -0.3 is 0 Å². The summed E-state index contributed by atoms with van der Waals surface area (Å²) in [6.07, 6.45) is 4.33. The number of hydrogen-bond acceptors (Lipinski definition) is 1. The van der Waals surface area contributed by atoms with E-state index in [0.29, 0.717) is 6.42 Å². The largest absolute Gasteiger partial charge is 0.291 e. The van der Waals surface area contributed by atoms with Gasteiger partial charge in [-0.05, 0) is 18.4 Å². The first-order valence-electron chi connectivity index (χ1n) is 3.82. The quantitative estimate of drug-likeness (QED) is 0.596. The van der Waals surface area contributed by atoms with Gasteiger partial charge in [-0.2, -0.15) is 0 Å². The van der Waals surface area contributed by atoms with E-state index in [1.807, 2.05) is 24.5 Å². The topological polar surface area (TPSA) is 17.1 Å². The molecule has 1 aromatic rings. The van der Waals surface area contributed by atoms with Gasteiger partial charge in [0, 0.05) is 6.42 Å². The molecule has 57 valence electrons. The Balaban J connectivity index is 2.33. The maximum absolute atomic E-state index is 9.87. The highest BCUT2D eigenvalue weighted by Crippen LogP contribution is 2.02. The standard InChI is InChI=1S/C10H11O/c11-9-5-4-8-10-6-2-1-3-7-10/h1-3,6-7H,4-5,8H2. The summed E-state index contributed by atoms with van der Waals surface area (Å²) < 4.78 is 0. The maximum atomic E-state index is 9.87. The Morgan fingerprint density at radius 3 is 2.55 bits per heavy atom. The van der Waals surface area contributed by atoms with Crippen LogP contribution in [0.4, 0.5) is 0 Å². The van der Waals surface area contributed by atoms with Crippen molar-refractivity contribution in [2.75, 3.05) is 0 Å². The molecule has 0 heterocycles. The summed E-state index contributed by atoms with van der Waals surface area (Å²) in [5.41, 5.74) is 1.29. The Morgan fingerprint density at radius 2 is 1.91 bits per heavy atom. The lowest BCUT2D eigenvalue weighted by molar-refractivity contribution is 0.548. The molecule has 0 saturated carbocycles. The summed E-state index contributed by atoms with van der Waals surface area (Å²) in [6.45, 7) is 0. The van der Waals surface area contributed by atoms with Crippen LogP contribution in [0, 0.1) is 0 Å². The normalized spacial score (nSPS) is 9.45. The lowest BCUT2D eigenvalue weighted by Gasteiger charge is -1.95. The van der Waals surface area contributed by atoms with Gasteiger partial charge in [-0.15, -0.1) is 0 Å². The predicted molar refractivity (Wildman–Crippen MR) is 45.1 cm³/mol. The van der Waals surface area contributed by atoms with E-state index in [-0.39, 0.29) is 0 Å². The molecule has 0 amide bonds. The molecule has 11 heavy (non-hydrogen) atoms. The highest BCUT2D eigenvalue weighted by molar-refractivity contribution is 5.50. The minimum absolute atomic E-state index is 0.550. The van der Waals surface area contributed by atoms with E-state index < -0.39 is 0 Å². The van der Waals surface area contributed by atoms with Crippen LogP contribution in [0.5, 0.6) is 0 Å². The van der Waals surface area contributed by atoms with Crippen LogP contribution in [0.25, 0.3) is 0 Å². The Hall–Kier alpha value is -1.11. The number of hydrogen-bond donors (Lipinski definition) is 0. The van der Waals surface area contributed by atoms with Gasteiger partial charge in [-0.1, -0.05) is 30.3 Å². The Kier molecular flexibility index (Phi) is 3.39. The van der Waals surface area contributed by atoms with Crippen molar-refractivity contribution in [1.82, 2.24) is 0 Å². The number of rotatable bonds is 4. The van der Waals surface area contributed by atoms with E-state index in [4.69, 9.17) is 0 Å². The number of benzene rings is 1. The molecule has 0 aromatic heterocycles. The highest BCUT2D eigenvalue weighted by atomic mass is 16.1. The summed E-state index contributed by atoms with van der Waals surface area (Å²) in [5, 5.41) is 0. The van der Waals surface area contributed by atoms with Gasteiger partial charge in [0.05, 0.1) is 0 Å². The monoisotopic (exact) mass is 147 g/mol. The van der Waals surface area contributed by atoms with Gasteiger partial charge in [0.1, 0.15) is 0 Å². The van der Waals surface area contributed by atoms with Crippen molar-refractivity contribution in [1.29, 1.82) is 0 Å². The van der Waals surface area contributed by atoms with Crippen LogP contribution in [0.15, 0.2) is 30.3 Å². The Bertz CT molecular complexity index is 203. The van der Waals surface area contributed by atoms with Crippen molar-refractivity contribution >= 4 is 6.29 Å². The van der Waals surface area contributed by atoms with E-state index in [1.165, 1.54) is 5.56 Å². The highest BCUT2D eigenvalue weighted by Gasteiger charge is 1.90. The molecule has 1 rings (SSSR count). The molecule has 1 radical (unpaired) electrons. The van der Waals surface area contributed by atoms with Crippen molar-refractivity contribution < 1.29 is 4.79 Å². The molecule has 1 aromatic carbocycles. The molecule has 0 aliphatic carbocycles. The Morgan fingerprint density at radius 1 is 1.18 bits per heavy atom. The molecule has 0 N–H and O–H groups in total. The first-order chi connectivity index (χ1) is 5.43. The van der Waals surface area contributed by atoms with Gasteiger partial charge in [0.15, 0.2) is 6.29 Å². The summed E-state index contributed by atoms with van der Waals surface area (Å²) in [4.78, 5) is 9.87. The average molecular weight is 147 g/mol. The molecule has 1 nitrogen and oxygen atoms in total. The van der Waals surface area contributed by atoms with Crippen LogP contribution in [0.1, 0.15) is 18.4 Å². The smallest absolute Gasteiger partial charge is 0.198 e. The number of unbranched alkanes of at least 4 members (excludes halogenated alkanes) is 1. The molecule has 0 fully saturated rings. The Labute approximate surface area is 67.1 Å². The van der Waals surface area contributed by atoms with Crippen LogP contribution in [-0.4, -0.2) is 6.29 Å². The molecule has 0 spiro atoms. The number of carbonyl (C=O) groups excluding carboxylic acids is 1. The zero-order valence-corrected chi connectivity index (χ0v) is 6.42. The zero-order valence-electron chi connectivity index (χ0n) is 6.42. The van der Waals surface area contributed by atoms with Crippen LogP contribution < -0.4 is 0 Å². The third-order valence-electron chi connectivity index (χ3n) is 1.59. The fraction of sp³-hybridized carbons (Fsp3) is 0.300. The number of aryl methyl sites for hydroxylation is 1. The van der Waals surface area contributed by atoms with Crippen LogP contribution in [0.2, 0.25) is 0 Å². The third kappa shape index (κ3) is 2.99. The first kappa shape index (κ1) is 7.99. The molecule has 0 aliphatic heterocycles. The van der Waals surface area contributed by atoms with Crippen molar-refractivity contribution in [3.8, 4) is 0 Å². The SMILES string of the molecule is O=[C]CCCc1ccccc1. The molecule has 0 unspecified atom stereocenters. The minimum atomic E-state index is 0.550. The first-order valence-corrected chi connectivity index (χ1v) is 3.82. The van der Waals surface area contributed by atoms with E-state index in [0.717, 1.165) is 12.8 Å². The second-order valence-corrected chi connectivity index (χ2v) is 2.48. The molecule has 1 heteroatoms. The van der Waals surface area contributed by atoms with E-state index in [2.05, 4.69) is 12.1 Å². The molecule has 0 aliphatic rings. The average Bonchev–Trinajstić information content (AvgIpc) is 2.07. The second-order valence-electron chi connectivity index (χ2n) is 2.48. The van der Waals surface area contributed by atoms with Crippen molar-refractivity contribution in [2.24, 2.45) is 0 Å². The molecule has 0 bridgehead atoms. The van der Waals surface area contributed by atoms with Gasteiger partial charge in [0.2, 0.25) is 0 Å². The minimum Gasteiger partial charge on any atom is -0.291 e. The summed E-state index contributed by atoms with van der Waals surface area (Å²) in [5.74, 6) is 0. The summed E-state index contributed by atoms with van der Waals surface area (Å²) in [7, 11) is 0. The van der Waals surface area contributed by atoms with Crippen LogP contribution in [0.3, 0.4) is 0 Å². The van der Waals surface area contributed by atoms with Gasteiger partial charge in [-0.3, -0.25) is 4.79 Å². The van der Waals surface area contributed by atoms with Crippen molar-refractivity contribution in [2.45, 2.75) is 19.3 Å². The summed E-state index contributed by atoms with van der Waals surface area (Å²) in [6, 6.07) is 10.2. The zero-order chi connectivity index (χ0) is 7.94. The van der Waals surface area contributed by atoms with Crippen molar-refractivity contribution in [3.63, 3.8) is 0 Å². The fourth-order valence-electron chi connectivity index (χ4n) is 1.01. The fourth-order valence-corrected chi connectivity index (χ4v) is 1.01. The third-order valence-corrected chi connectivity index (χ3v) is 1.59. The summed E-state index contributed by atoms with van der Waals surface area (Å²) >= 11 is 0. The lowest BCUT2D eigenvalue weighted by Crippen LogP contribution is -1.84. The maximum Gasteiger partial charge on any atom is 0.198 e.